The normalized spacial score (nSPS) is 40.4. The third-order valence-electron chi connectivity index (χ3n) is 8.23. The zero-order valence-electron chi connectivity index (χ0n) is 19.8. The molecule has 0 saturated heterocycles. The Morgan fingerprint density at radius 1 is 0.606 bits per heavy atom. The summed E-state index contributed by atoms with van der Waals surface area (Å²) in [4.78, 5) is 15.0. The van der Waals surface area contributed by atoms with E-state index in [-0.39, 0.29) is 11.0 Å². The van der Waals surface area contributed by atoms with Crippen LogP contribution in [0.4, 0.5) is 0 Å². The maximum absolute atomic E-state index is 11.0. The van der Waals surface area contributed by atoms with E-state index in [1.165, 1.54) is 64.2 Å². The summed E-state index contributed by atoms with van der Waals surface area (Å²) >= 11 is 6.72. The highest BCUT2D eigenvalue weighted by molar-refractivity contribution is 8.01. The highest BCUT2D eigenvalue weighted by Crippen LogP contribution is 2.44. The van der Waals surface area contributed by atoms with Crippen LogP contribution in [0.25, 0.3) is 0 Å². The first-order valence-corrected chi connectivity index (χ1v) is 16.1. The van der Waals surface area contributed by atoms with E-state index in [0.717, 1.165) is 64.8 Å². The fourth-order valence-electron chi connectivity index (χ4n) is 6.21. The van der Waals surface area contributed by atoms with E-state index >= 15 is 0 Å². The lowest BCUT2D eigenvalue weighted by Crippen LogP contribution is -2.34. The highest BCUT2D eigenvalue weighted by atomic mass is 32.2. The van der Waals surface area contributed by atoms with E-state index in [9.17, 15) is 10.1 Å². The molecule has 4 aliphatic carbocycles. The molecular formula is C24H42N2O4S3. The lowest BCUT2D eigenvalue weighted by molar-refractivity contribution is -0.526. The third kappa shape index (κ3) is 8.45. The van der Waals surface area contributed by atoms with Crippen LogP contribution in [0.15, 0.2) is 0 Å². The largest absolute Gasteiger partial charge is 0.264 e. The minimum atomic E-state index is -0.276. The Morgan fingerprint density at radius 3 is 1.21 bits per heavy atom. The standard InChI is InChI=1S/C24H42N2O4S3/c27-26(28)18-3-7-20(8-4-18)32-22-11-15-24(16-12-22)33-23-13-9-21(10-14-23)31-19-5-1-17(2-6-19)25-30-29/h17-25,29H,1-16H2. The smallest absolute Gasteiger partial charge is 0.213 e. The number of nitrogens with one attached hydrogen (secondary N) is 1. The van der Waals surface area contributed by atoms with Crippen molar-refractivity contribution in [1.82, 2.24) is 5.48 Å². The number of rotatable bonds is 9. The number of hydroxylamine groups is 1. The van der Waals surface area contributed by atoms with Crippen molar-refractivity contribution in [2.45, 2.75) is 146 Å². The number of nitrogens with zero attached hydrogens (tertiary/aromatic N) is 1. The van der Waals surface area contributed by atoms with Gasteiger partial charge in [-0.3, -0.25) is 10.1 Å². The third-order valence-corrected chi connectivity index (χ3v) is 13.4. The monoisotopic (exact) mass is 518 g/mol. The predicted molar refractivity (Wildman–Crippen MR) is 141 cm³/mol. The maximum Gasteiger partial charge on any atom is 0.213 e. The Labute approximate surface area is 211 Å². The molecule has 4 saturated carbocycles. The maximum atomic E-state index is 11.0. The van der Waals surface area contributed by atoms with Crippen LogP contribution in [0.3, 0.4) is 0 Å². The molecule has 190 valence electrons. The Balaban J connectivity index is 1.06. The van der Waals surface area contributed by atoms with Gasteiger partial charge in [-0.05, 0) is 89.9 Å². The first-order chi connectivity index (χ1) is 16.1. The van der Waals surface area contributed by atoms with Gasteiger partial charge in [0.25, 0.3) is 0 Å². The molecule has 0 unspecified atom stereocenters. The fourth-order valence-corrected chi connectivity index (χ4v) is 11.1. The Kier molecular flexibility index (Phi) is 10.9. The molecule has 0 amide bonds. The first-order valence-electron chi connectivity index (χ1n) is 13.2. The summed E-state index contributed by atoms with van der Waals surface area (Å²) in [6.07, 6.45) is 19.3. The summed E-state index contributed by atoms with van der Waals surface area (Å²) in [5, 5.41) is 24.4. The highest BCUT2D eigenvalue weighted by Gasteiger charge is 2.33. The van der Waals surface area contributed by atoms with E-state index in [1.807, 2.05) is 0 Å². The quantitative estimate of drug-likeness (QED) is 0.198. The van der Waals surface area contributed by atoms with Gasteiger partial charge in [0.15, 0.2) is 0 Å². The topological polar surface area (TPSA) is 84.6 Å². The van der Waals surface area contributed by atoms with Gasteiger partial charge in [-0.15, -0.1) is 4.99 Å². The van der Waals surface area contributed by atoms with Gasteiger partial charge in [0.05, 0.1) is 0 Å². The molecule has 4 aliphatic rings. The molecule has 0 aliphatic heterocycles. The van der Waals surface area contributed by atoms with Gasteiger partial charge in [-0.2, -0.15) is 40.8 Å². The van der Waals surface area contributed by atoms with Crippen molar-refractivity contribution in [3.8, 4) is 0 Å². The Hall–Kier alpha value is 0.330. The van der Waals surface area contributed by atoms with Crippen LogP contribution >= 0.6 is 35.3 Å². The Morgan fingerprint density at radius 2 is 0.909 bits per heavy atom. The zero-order chi connectivity index (χ0) is 23.0. The molecule has 9 heteroatoms. The molecule has 4 rings (SSSR count). The van der Waals surface area contributed by atoms with Crippen LogP contribution in [-0.2, 0) is 4.99 Å². The van der Waals surface area contributed by atoms with Crippen molar-refractivity contribution in [1.29, 1.82) is 0 Å². The molecule has 33 heavy (non-hydrogen) atoms. The number of nitro groups is 1. The summed E-state index contributed by atoms with van der Waals surface area (Å²) < 4.78 is 0. The molecule has 0 atom stereocenters. The first kappa shape index (κ1) is 26.4. The van der Waals surface area contributed by atoms with Crippen LogP contribution in [0.2, 0.25) is 0 Å². The Bertz CT molecular complexity index is 584. The summed E-state index contributed by atoms with van der Waals surface area (Å²) in [5.41, 5.74) is 2.70. The summed E-state index contributed by atoms with van der Waals surface area (Å²) in [5.74, 6) is 0. The summed E-state index contributed by atoms with van der Waals surface area (Å²) in [6.45, 7) is 0. The second-order valence-electron chi connectivity index (χ2n) is 10.6. The van der Waals surface area contributed by atoms with E-state index in [0.29, 0.717) is 11.3 Å². The van der Waals surface area contributed by atoms with Crippen LogP contribution in [-0.4, -0.2) is 53.8 Å². The molecule has 4 fully saturated rings. The van der Waals surface area contributed by atoms with Crippen LogP contribution in [0, 0.1) is 10.1 Å². The van der Waals surface area contributed by atoms with E-state index < -0.39 is 0 Å². The molecule has 6 nitrogen and oxygen atoms in total. The predicted octanol–water partition coefficient (Wildman–Crippen LogP) is 6.70. The van der Waals surface area contributed by atoms with Crippen molar-refractivity contribution < 1.29 is 15.2 Å². The number of thioether (sulfide) groups is 3. The molecule has 0 bridgehead atoms. The van der Waals surface area contributed by atoms with Crippen molar-refractivity contribution in [3.05, 3.63) is 10.1 Å². The average molecular weight is 519 g/mol. The van der Waals surface area contributed by atoms with Gasteiger partial charge in [-0.1, -0.05) is 0 Å². The van der Waals surface area contributed by atoms with E-state index in [1.54, 1.807) is 0 Å². The van der Waals surface area contributed by atoms with Crippen LogP contribution < -0.4 is 5.48 Å². The van der Waals surface area contributed by atoms with Crippen molar-refractivity contribution in [3.63, 3.8) is 0 Å². The van der Waals surface area contributed by atoms with Crippen LogP contribution in [0.5, 0.6) is 0 Å². The molecule has 0 radical (unpaired) electrons. The van der Waals surface area contributed by atoms with Crippen molar-refractivity contribution in [2.75, 3.05) is 0 Å². The van der Waals surface area contributed by atoms with Gasteiger partial charge in [-0.25, -0.2) is 5.26 Å². The average Bonchev–Trinajstić information content (AvgIpc) is 2.83. The van der Waals surface area contributed by atoms with Crippen molar-refractivity contribution >= 4 is 35.3 Å². The molecular weight excluding hydrogens is 476 g/mol. The van der Waals surface area contributed by atoms with Gasteiger partial charge < -0.3 is 0 Å². The minimum Gasteiger partial charge on any atom is -0.264 e. The van der Waals surface area contributed by atoms with E-state index in [2.05, 4.69) is 45.8 Å². The molecule has 0 aromatic rings. The zero-order valence-corrected chi connectivity index (χ0v) is 22.2. The molecule has 0 heterocycles. The molecule has 2 N–H and O–H groups in total. The van der Waals surface area contributed by atoms with Gasteiger partial charge >= 0.3 is 0 Å². The van der Waals surface area contributed by atoms with E-state index in [4.69, 9.17) is 5.26 Å². The second-order valence-corrected chi connectivity index (χ2v) is 15.4. The van der Waals surface area contributed by atoms with Gasteiger partial charge in [0.2, 0.25) is 6.04 Å². The lowest BCUT2D eigenvalue weighted by atomic mass is 9.95. The molecule has 0 spiro atoms. The summed E-state index contributed by atoms with van der Waals surface area (Å²) in [7, 11) is 0. The van der Waals surface area contributed by atoms with Crippen LogP contribution in [0.1, 0.15) is 103 Å². The molecule has 0 aromatic carbocycles. The number of hydrogen-bond acceptors (Lipinski definition) is 8. The van der Waals surface area contributed by atoms with Gasteiger partial charge in [0, 0.05) is 55.3 Å². The second kappa shape index (κ2) is 13.6. The minimum absolute atomic E-state index is 0.0615. The summed E-state index contributed by atoms with van der Waals surface area (Å²) in [6, 6.07) is 0.0397. The lowest BCUT2D eigenvalue weighted by Gasteiger charge is -2.36. The van der Waals surface area contributed by atoms with Gasteiger partial charge in [0.1, 0.15) is 0 Å². The fraction of sp³-hybridized carbons (Fsp3) is 1.00. The number of hydrogen-bond donors (Lipinski definition) is 2. The SMILES string of the molecule is O=[N+]([O-])C1CCC(SC2CCC(SC3CCC(SC4CCC(NOO)CC4)CC3)CC2)CC1. The molecule has 0 aromatic heterocycles. The van der Waals surface area contributed by atoms with Crippen molar-refractivity contribution in [2.24, 2.45) is 0 Å².